The molecule has 0 aliphatic carbocycles. The molecule has 4 N–H and O–H groups in total. The van der Waals surface area contributed by atoms with Gasteiger partial charge in [-0.1, -0.05) is 24.3 Å². The van der Waals surface area contributed by atoms with Gasteiger partial charge in [0.25, 0.3) is 5.91 Å². The van der Waals surface area contributed by atoms with Crippen LogP contribution in [0.5, 0.6) is 0 Å². The van der Waals surface area contributed by atoms with Gasteiger partial charge in [0, 0.05) is 11.1 Å². The number of hydrogen-bond acceptors (Lipinski definition) is 4. The summed E-state index contributed by atoms with van der Waals surface area (Å²) in [6.07, 6.45) is 0. The number of imidazole rings is 1. The number of aromatic nitrogens is 2. The van der Waals surface area contributed by atoms with Crippen molar-refractivity contribution in [3.05, 3.63) is 77.4 Å². The molecule has 0 spiro atoms. The number of amides is 1. The van der Waals surface area contributed by atoms with Gasteiger partial charge in [-0.25, -0.2) is 18.5 Å². The van der Waals surface area contributed by atoms with Crippen molar-refractivity contribution in [1.82, 2.24) is 9.97 Å². The lowest BCUT2D eigenvalue weighted by Crippen LogP contribution is -2.18. The molecule has 152 valence electrons. The number of fused-ring (bicyclic) bond motifs is 1. The van der Waals surface area contributed by atoms with Gasteiger partial charge in [0.2, 0.25) is 10.0 Å². The number of benzene rings is 3. The molecule has 0 unspecified atom stereocenters. The van der Waals surface area contributed by atoms with E-state index in [9.17, 15) is 13.2 Å². The third-order valence-electron chi connectivity index (χ3n) is 5.01. The number of carbonyl (C=O) groups is 1. The molecule has 0 aliphatic rings. The highest BCUT2D eigenvalue weighted by Gasteiger charge is 2.19. The fraction of sp³-hybridized carbons (Fsp3) is 0.0909. The minimum absolute atomic E-state index is 0.0572. The second-order valence-electron chi connectivity index (χ2n) is 7.06. The van der Waals surface area contributed by atoms with Gasteiger partial charge >= 0.3 is 0 Å². The molecule has 1 amide bonds. The smallest absolute Gasteiger partial charge is 0.255 e. The van der Waals surface area contributed by atoms with E-state index in [2.05, 4.69) is 15.3 Å². The molecule has 0 aliphatic heterocycles. The van der Waals surface area contributed by atoms with Crippen LogP contribution in [0, 0.1) is 13.8 Å². The number of nitrogens with two attached hydrogens (primary N) is 1. The number of anilines is 1. The van der Waals surface area contributed by atoms with Crippen molar-refractivity contribution in [1.29, 1.82) is 0 Å². The molecule has 30 heavy (non-hydrogen) atoms. The molecule has 7 nitrogen and oxygen atoms in total. The van der Waals surface area contributed by atoms with Gasteiger partial charge < -0.3 is 10.3 Å². The zero-order valence-corrected chi connectivity index (χ0v) is 17.2. The van der Waals surface area contributed by atoms with E-state index in [-0.39, 0.29) is 10.5 Å². The van der Waals surface area contributed by atoms with Crippen LogP contribution in [0.15, 0.2) is 65.6 Å². The number of primary sulfonamides is 1. The molecular weight excluding hydrogens is 400 g/mol. The van der Waals surface area contributed by atoms with Crippen LogP contribution < -0.4 is 10.5 Å². The molecule has 1 aromatic heterocycles. The van der Waals surface area contributed by atoms with Crippen LogP contribution >= 0.6 is 0 Å². The maximum atomic E-state index is 12.9. The number of aryl methyl sites for hydroxylation is 1. The van der Waals surface area contributed by atoms with Gasteiger partial charge in [-0.05, 0) is 61.4 Å². The van der Waals surface area contributed by atoms with E-state index in [1.807, 2.05) is 36.4 Å². The Balaban J connectivity index is 1.72. The van der Waals surface area contributed by atoms with Crippen molar-refractivity contribution in [2.75, 3.05) is 5.32 Å². The standard InChI is InChI=1S/C22H20N4O3S/c1-13-11-15(12-20(14(13)2)30(23,28)29)22(27)26-17-8-4-3-7-16(17)21-24-18-9-5-6-10-19(18)25-21/h3-12H,1-2H3,(H,24,25)(H,26,27)(H2,23,28,29). The van der Waals surface area contributed by atoms with Crippen LogP contribution in [0.2, 0.25) is 0 Å². The molecule has 4 rings (SSSR count). The Bertz CT molecular complexity index is 1360. The highest BCUT2D eigenvalue weighted by atomic mass is 32.2. The summed E-state index contributed by atoms with van der Waals surface area (Å²) in [6, 6.07) is 17.9. The number of para-hydroxylation sites is 3. The van der Waals surface area contributed by atoms with Crippen LogP contribution in [0.3, 0.4) is 0 Å². The average molecular weight is 420 g/mol. The number of sulfonamides is 1. The molecule has 4 aromatic rings. The molecule has 0 radical (unpaired) electrons. The molecule has 8 heteroatoms. The zero-order chi connectivity index (χ0) is 21.5. The average Bonchev–Trinajstić information content (AvgIpc) is 3.13. The van der Waals surface area contributed by atoms with Crippen LogP contribution in [0.25, 0.3) is 22.4 Å². The normalized spacial score (nSPS) is 11.6. The highest BCUT2D eigenvalue weighted by Crippen LogP contribution is 2.28. The van der Waals surface area contributed by atoms with E-state index in [1.165, 1.54) is 6.07 Å². The molecule has 3 aromatic carbocycles. The number of aromatic amines is 1. The van der Waals surface area contributed by atoms with E-state index in [0.29, 0.717) is 22.6 Å². The van der Waals surface area contributed by atoms with E-state index in [1.54, 1.807) is 32.0 Å². The van der Waals surface area contributed by atoms with E-state index in [0.717, 1.165) is 16.6 Å². The first-order valence-electron chi connectivity index (χ1n) is 9.23. The molecule has 0 fully saturated rings. The SMILES string of the molecule is Cc1cc(C(=O)Nc2ccccc2-c2nc3ccccc3[nH]2)cc(S(N)(=O)=O)c1C. The Morgan fingerprint density at radius 2 is 1.73 bits per heavy atom. The number of rotatable bonds is 4. The topological polar surface area (TPSA) is 118 Å². The fourth-order valence-corrected chi connectivity index (χ4v) is 4.21. The maximum absolute atomic E-state index is 12.9. The van der Waals surface area contributed by atoms with Gasteiger partial charge in [-0.15, -0.1) is 0 Å². The van der Waals surface area contributed by atoms with Crippen molar-refractivity contribution < 1.29 is 13.2 Å². The third kappa shape index (κ3) is 3.70. The summed E-state index contributed by atoms with van der Waals surface area (Å²) >= 11 is 0. The molecular formula is C22H20N4O3S. The Labute approximate surface area is 174 Å². The lowest BCUT2D eigenvalue weighted by Gasteiger charge is -2.13. The van der Waals surface area contributed by atoms with Gasteiger partial charge in [0.1, 0.15) is 5.82 Å². The fourth-order valence-electron chi connectivity index (χ4n) is 3.33. The summed E-state index contributed by atoms with van der Waals surface area (Å²) in [5.74, 6) is 0.184. The second-order valence-corrected chi connectivity index (χ2v) is 8.59. The quantitative estimate of drug-likeness (QED) is 0.466. The van der Waals surface area contributed by atoms with Gasteiger partial charge in [-0.3, -0.25) is 4.79 Å². The Morgan fingerprint density at radius 1 is 1.03 bits per heavy atom. The predicted octanol–water partition coefficient (Wildman–Crippen LogP) is 3.75. The second kappa shape index (κ2) is 7.40. The van der Waals surface area contributed by atoms with Crippen molar-refractivity contribution in [2.45, 2.75) is 18.7 Å². The van der Waals surface area contributed by atoms with Gasteiger partial charge in [0.05, 0.1) is 21.6 Å². The van der Waals surface area contributed by atoms with Crippen LogP contribution in [0.4, 0.5) is 5.69 Å². The Hall–Kier alpha value is -3.49. The monoisotopic (exact) mass is 420 g/mol. The number of hydrogen-bond donors (Lipinski definition) is 3. The Morgan fingerprint density at radius 3 is 2.47 bits per heavy atom. The highest BCUT2D eigenvalue weighted by molar-refractivity contribution is 7.89. The first-order chi connectivity index (χ1) is 14.2. The summed E-state index contributed by atoms with van der Waals surface area (Å²) in [6.45, 7) is 3.40. The Kier molecular flexibility index (Phi) is 4.89. The molecule has 0 saturated heterocycles. The largest absolute Gasteiger partial charge is 0.338 e. The van der Waals surface area contributed by atoms with Crippen LogP contribution in [0.1, 0.15) is 21.5 Å². The minimum Gasteiger partial charge on any atom is -0.338 e. The summed E-state index contributed by atoms with van der Waals surface area (Å²) in [7, 11) is -3.95. The third-order valence-corrected chi connectivity index (χ3v) is 6.05. The van der Waals surface area contributed by atoms with Crippen LogP contribution in [-0.2, 0) is 10.0 Å². The summed E-state index contributed by atoms with van der Waals surface area (Å²) in [4.78, 5) is 20.7. The van der Waals surface area contributed by atoms with Crippen LogP contribution in [-0.4, -0.2) is 24.3 Å². The van der Waals surface area contributed by atoms with Gasteiger partial charge in [0.15, 0.2) is 0 Å². The lowest BCUT2D eigenvalue weighted by atomic mass is 10.1. The van der Waals surface area contributed by atoms with Crippen molar-refractivity contribution >= 4 is 32.7 Å². The number of nitrogens with zero attached hydrogens (tertiary/aromatic N) is 1. The van der Waals surface area contributed by atoms with E-state index in [4.69, 9.17) is 5.14 Å². The summed E-state index contributed by atoms with van der Waals surface area (Å²) in [5, 5.41) is 8.17. The first kappa shape index (κ1) is 19.8. The predicted molar refractivity (Wildman–Crippen MR) is 117 cm³/mol. The first-order valence-corrected chi connectivity index (χ1v) is 10.8. The van der Waals surface area contributed by atoms with E-state index < -0.39 is 15.9 Å². The number of carbonyl (C=O) groups excluding carboxylic acids is 1. The molecule has 0 saturated carbocycles. The zero-order valence-electron chi connectivity index (χ0n) is 16.4. The molecule has 0 atom stereocenters. The van der Waals surface area contributed by atoms with Crippen molar-refractivity contribution in [3.8, 4) is 11.4 Å². The molecule has 1 heterocycles. The summed E-state index contributed by atoms with van der Waals surface area (Å²) in [5.41, 5.74) is 4.38. The maximum Gasteiger partial charge on any atom is 0.255 e. The lowest BCUT2D eigenvalue weighted by molar-refractivity contribution is 0.102. The summed E-state index contributed by atoms with van der Waals surface area (Å²) < 4.78 is 23.8. The van der Waals surface area contributed by atoms with E-state index >= 15 is 0 Å². The number of H-pyrrole nitrogens is 1. The van der Waals surface area contributed by atoms with Gasteiger partial charge in [-0.2, -0.15) is 0 Å². The van der Waals surface area contributed by atoms with Crippen molar-refractivity contribution in [3.63, 3.8) is 0 Å². The molecule has 0 bridgehead atoms. The minimum atomic E-state index is -3.95. The number of nitrogens with one attached hydrogen (secondary N) is 2. The van der Waals surface area contributed by atoms with Crippen molar-refractivity contribution in [2.24, 2.45) is 5.14 Å².